The number of nitrogens with one attached hydrogen (secondary N) is 1. The van der Waals surface area contributed by atoms with E-state index in [2.05, 4.69) is 19.2 Å². The summed E-state index contributed by atoms with van der Waals surface area (Å²) in [6.45, 7) is 4.98. The third-order valence-electron chi connectivity index (χ3n) is 3.73. The molecule has 3 N–H and O–H groups in total. The third-order valence-corrected chi connectivity index (χ3v) is 3.73. The van der Waals surface area contributed by atoms with Crippen LogP contribution in [0.2, 0.25) is 0 Å². The number of anilines is 1. The minimum Gasteiger partial charge on any atom is -0.379 e. The summed E-state index contributed by atoms with van der Waals surface area (Å²) < 4.78 is 0. The molecule has 19 heavy (non-hydrogen) atoms. The minimum absolute atomic E-state index is 0.0385. The van der Waals surface area contributed by atoms with Gasteiger partial charge in [0.15, 0.2) is 0 Å². The summed E-state index contributed by atoms with van der Waals surface area (Å²) in [4.78, 5) is 21.6. The quantitative estimate of drug-likeness (QED) is 0.628. The number of nitro benzene ring substituents is 1. The van der Waals surface area contributed by atoms with Crippen LogP contribution in [-0.4, -0.2) is 17.4 Å². The smallest absolute Gasteiger partial charge is 0.292 e. The van der Waals surface area contributed by atoms with E-state index in [4.69, 9.17) is 5.73 Å². The molecule has 0 heterocycles. The molecule has 0 spiro atoms. The lowest BCUT2D eigenvalue weighted by molar-refractivity contribution is -0.384. The lowest BCUT2D eigenvalue weighted by atomic mass is 10.1. The maximum absolute atomic E-state index is 11.1. The highest BCUT2D eigenvalue weighted by molar-refractivity contribution is 5.94. The molecule has 0 radical (unpaired) electrons. The zero-order valence-corrected chi connectivity index (χ0v) is 11.0. The molecule has 0 bridgehead atoms. The lowest BCUT2D eigenvalue weighted by Gasteiger charge is -2.09. The van der Waals surface area contributed by atoms with Gasteiger partial charge in [-0.25, -0.2) is 0 Å². The highest BCUT2D eigenvalue weighted by Crippen LogP contribution is 2.51. The Balaban J connectivity index is 2.18. The van der Waals surface area contributed by atoms with Crippen molar-refractivity contribution in [1.82, 2.24) is 0 Å². The Morgan fingerprint density at radius 2 is 2.21 bits per heavy atom. The SMILES string of the molecule is CC1(C)CC1CNc1cc(C(N)=O)ccc1[N+](=O)[O-]. The normalized spacial score (nSPS) is 19.8. The highest BCUT2D eigenvalue weighted by atomic mass is 16.6. The van der Waals surface area contributed by atoms with Crippen molar-refractivity contribution in [2.24, 2.45) is 17.1 Å². The van der Waals surface area contributed by atoms with Crippen molar-refractivity contribution in [3.05, 3.63) is 33.9 Å². The molecule has 1 amide bonds. The summed E-state index contributed by atoms with van der Waals surface area (Å²) in [5.74, 6) is -0.0889. The first-order valence-corrected chi connectivity index (χ1v) is 6.13. The largest absolute Gasteiger partial charge is 0.379 e. The van der Waals surface area contributed by atoms with Crippen molar-refractivity contribution in [2.75, 3.05) is 11.9 Å². The summed E-state index contributed by atoms with van der Waals surface area (Å²) in [7, 11) is 0. The van der Waals surface area contributed by atoms with Gasteiger partial charge in [-0.15, -0.1) is 0 Å². The fourth-order valence-corrected chi connectivity index (χ4v) is 2.15. The van der Waals surface area contributed by atoms with Crippen LogP contribution < -0.4 is 11.1 Å². The fourth-order valence-electron chi connectivity index (χ4n) is 2.15. The van der Waals surface area contributed by atoms with E-state index in [1.165, 1.54) is 18.2 Å². The summed E-state index contributed by atoms with van der Waals surface area (Å²) in [5, 5.41) is 14.0. The van der Waals surface area contributed by atoms with Crippen LogP contribution in [0.5, 0.6) is 0 Å². The van der Waals surface area contributed by atoms with Gasteiger partial charge in [-0.2, -0.15) is 0 Å². The van der Waals surface area contributed by atoms with Gasteiger partial charge >= 0.3 is 0 Å². The van der Waals surface area contributed by atoms with Crippen molar-refractivity contribution < 1.29 is 9.72 Å². The van der Waals surface area contributed by atoms with Crippen LogP contribution in [0.15, 0.2) is 18.2 Å². The molecular weight excluding hydrogens is 246 g/mol. The molecule has 1 fully saturated rings. The molecule has 1 atom stereocenters. The first-order chi connectivity index (χ1) is 8.81. The first kappa shape index (κ1) is 13.3. The van der Waals surface area contributed by atoms with Crippen LogP contribution >= 0.6 is 0 Å². The Bertz CT molecular complexity index is 540. The molecule has 0 aromatic heterocycles. The zero-order valence-electron chi connectivity index (χ0n) is 11.0. The van der Waals surface area contributed by atoms with Gasteiger partial charge in [0.1, 0.15) is 5.69 Å². The van der Waals surface area contributed by atoms with Crippen LogP contribution in [0.1, 0.15) is 30.6 Å². The Hall–Kier alpha value is -2.11. The van der Waals surface area contributed by atoms with Crippen molar-refractivity contribution in [3.63, 3.8) is 0 Å². The average molecular weight is 263 g/mol. The average Bonchev–Trinajstić information content (AvgIpc) is 2.93. The van der Waals surface area contributed by atoms with Crippen LogP contribution in [0.4, 0.5) is 11.4 Å². The number of primary amides is 1. The molecule has 6 heteroatoms. The predicted octanol–water partition coefficient (Wildman–Crippen LogP) is 2.15. The first-order valence-electron chi connectivity index (χ1n) is 6.13. The molecule has 102 valence electrons. The summed E-state index contributed by atoms with van der Waals surface area (Å²) >= 11 is 0. The molecular formula is C13H17N3O3. The Morgan fingerprint density at radius 1 is 1.58 bits per heavy atom. The second-order valence-corrected chi connectivity index (χ2v) is 5.62. The van der Waals surface area contributed by atoms with E-state index in [9.17, 15) is 14.9 Å². The molecule has 2 rings (SSSR count). The van der Waals surface area contributed by atoms with E-state index in [0.29, 0.717) is 23.6 Å². The van der Waals surface area contributed by atoms with Crippen LogP contribution in [0.25, 0.3) is 0 Å². The van der Waals surface area contributed by atoms with Crippen LogP contribution in [0.3, 0.4) is 0 Å². The summed E-state index contributed by atoms with van der Waals surface area (Å²) in [5.41, 5.74) is 6.06. The molecule has 6 nitrogen and oxygen atoms in total. The second kappa shape index (κ2) is 4.53. The number of hydrogen-bond donors (Lipinski definition) is 2. The monoisotopic (exact) mass is 263 g/mol. The number of nitrogens with two attached hydrogens (primary N) is 1. The molecule has 1 unspecified atom stereocenters. The van der Waals surface area contributed by atoms with Gasteiger partial charge in [0.25, 0.3) is 5.69 Å². The molecule has 0 saturated heterocycles. The van der Waals surface area contributed by atoms with Gasteiger partial charge < -0.3 is 11.1 Å². The number of rotatable bonds is 5. The Kier molecular flexibility index (Phi) is 3.18. The standard InChI is InChI=1S/C13H17N3O3/c1-13(2)6-9(13)7-15-10-5-8(12(14)17)3-4-11(10)16(18)19/h3-5,9,15H,6-7H2,1-2H3,(H2,14,17). The Labute approximate surface area is 111 Å². The zero-order chi connectivity index (χ0) is 14.2. The Morgan fingerprint density at radius 3 is 2.68 bits per heavy atom. The van der Waals surface area contributed by atoms with E-state index in [1.54, 1.807) is 0 Å². The molecule has 1 saturated carbocycles. The van der Waals surface area contributed by atoms with E-state index in [-0.39, 0.29) is 11.3 Å². The second-order valence-electron chi connectivity index (χ2n) is 5.62. The van der Waals surface area contributed by atoms with Gasteiger partial charge in [0.2, 0.25) is 5.91 Å². The van der Waals surface area contributed by atoms with Gasteiger partial charge in [-0.3, -0.25) is 14.9 Å². The van der Waals surface area contributed by atoms with E-state index < -0.39 is 10.8 Å². The predicted molar refractivity (Wildman–Crippen MR) is 72.0 cm³/mol. The van der Waals surface area contributed by atoms with Crippen LogP contribution in [-0.2, 0) is 0 Å². The van der Waals surface area contributed by atoms with E-state index >= 15 is 0 Å². The highest BCUT2D eigenvalue weighted by Gasteiger charge is 2.45. The number of nitrogens with zero attached hydrogens (tertiary/aromatic N) is 1. The van der Waals surface area contributed by atoms with Crippen molar-refractivity contribution >= 4 is 17.3 Å². The number of carbonyl (C=O) groups is 1. The van der Waals surface area contributed by atoms with Gasteiger partial charge in [-0.1, -0.05) is 13.8 Å². The van der Waals surface area contributed by atoms with Crippen molar-refractivity contribution in [2.45, 2.75) is 20.3 Å². The van der Waals surface area contributed by atoms with E-state index in [1.807, 2.05) is 0 Å². The summed E-state index contributed by atoms with van der Waals surface area (Å²) in [6.07, 6.45) is 1.10. The molecule has 1 aliphatic rings. The maximum atomic E-state index is 11.1. The number of benzene rings is 1. The number of nitro groups is 1. The minimum atomic E-state index is -0.593. The molecule has 1 aromatic rings. The van der Waals surface area contributed by atoms with Gasteiger partial charge in [0, 0.05) is 18.2 Å². The van der Waals surface area contributed by atoms with Gasteiger partial charge in [-0.05, 0) is 29.9 Å². The van der Waals surface area contributed by atoms with Crippen LogP contribution in [0, 0.1) is 21.4 Å². The van der Waals surface area contributed by atoms with Crippen molar-refractivity contribution in [3.8, 4) is 0 Å². The fraction of sp³-hybridized carbons (Fsp3) is 0.462. The number of hydrogen-bond acceptors (Lipinski definition) is 4. The van der Waals surface area contributed by atoms with E-state index in [0.717, 1.165) is 6.42 Å². The molecule has 1 aliphatic carbocycles. The molecule has 0 aliphatic heterocycles. The molecule has 1 aromatic carbocycles. The number of amides is 1. The maximum Gasteiger partial charge on any atom is 0.292 e. The summed E-state index contributed by atoms with van der Waals surface area (Å²) in [6, 6.07) is 4.11. The van der Waals surface area contributed by atoms with Crippen molar-refractivity contribution in [1.29, 1.82) is 0 Å². The van der Waals surface area contributed by atoms with Gasteiger partial charge in [0.05, 0.1) is 4.92 Å². The lowest BCUT2D eigenvalue weighted by Crippen LogP contribution is -2.13. The third kappa shape index (κ3) is 2.83. The number of carbonyl (C=O) groups excluding carboxylic acids is 1. The topological polar surface area (TPSA) is 98.3 Å².